The first-order valence-corrected chi connectivity index (χ1v) is 11.3. The molecule has 4 aliphatic rings. The summed E-state index contributed by atoms with van der Waals surface area (Å²) in [7, 11) is 0. The summed E-state index contributed by atoms with van der Waals surface area (Å²) in [5, 5.41) is 3.30. The van der Waals surface area contributed by atoms with E-state index in [1.54, 1.807) is 6.92 Å². The molecule has 0 bridgehead atoms. The van der Waals surface area contributed by atoms with E-state index in [4.69, 9.17) is 0 Å². The molecule has 1 aromatic carbocycles. The van der Waals surface area contributed by atoms with Crippen LogP contribution < -0.4 is 5.32 Å². The molecule has 1 heterocycles. The topological polar surface area (TPSA) is 32.3 Å². The van der Waals surface area contributed by atoms with Crippen molar-refractivity contribution in [1.29, 1.82) is 0 Å². The summed E-state index contributed by atoms with van der Waals surface area (Å²) in [4.78, 5) is 14.2. The number of rotatable bonds is 4. The standard InChI is InChI=1S/C20H30N2O.C6H4/c1-17(23)21-20(11-5-2-6-12-20)13-16-22-14-9-18-7-3-4-8-19(18)10-15-22;1-2-6-4-3-5(1)6/h3-4,7-8H,2,5-6,9-16H2,1H3,(H,21,23);1-4H. The summed E-state index contributed by atoms with van der Waals surface area (Å²) >= 11 is 0. The maximum Gasteiger partial charge on any atom is 0.217 e. The fraction of sp³-hybridized carbons (Fsp3) is 0.500. The number of hydrogen-bond acceptors (Lipinski definition) is 2. The molecule has 3 heteroatoms. The molecular formula is C26H34N2O. The van der Waals surface area contributed by atoms with E-state index in [9.17, 15) is 4.79 Å². The van der Waals surface area contributed by atoms with Crippen LogP contribution in [0.5, 0.6) is 0 Å². The van der Waals surface area contributed by atoms with Gasteiger partial charge in [0.25, 0.3) is 0 Å². The molecule has 0 saturated heterocycles. The Balaban J connectivity index is 0.000000286. The van der Waals surface area contributed by atoms with Gasteiger partial charge in [-0.15, -0.1) is 0 Å². The minimum Gasteiger partial charge on any atom is -0.351 e. The molecule has 5 rings (SSSR count). The minimum atomic E-state index is 0.0588. The van der Waals surface area contributed by atoms with Crippen LogP contribution in [0.25, 0.3) is 11.1 Å². The van der Waals surface area contributed by atoms with E-state index in [2.05, 4.69) is 58.7 Å². The van der Waals surface area contributed by atoms with Crippen LogP contribution in [0.3, 0.4) is 0 Å². The van der Waals surface area contributed by atoms with E-state index in [1.807, 2.05) is 0 Å². The first-order valence-electron chi connectivity index (χ1n) is 11.3. The highest BCUT2D eigenvalue weighted by Crippen LogP contribution is 2.32. The van der Waals surface area contributed by atoms with E-state index in [0.717, 1.165) is 51.7 Å². The van der Waals surface area contributed by atoms with Gasteiger partial charge in [0.05, 0.1) is 0 Å². The molecule has 0 unspecified atom stereocenters. The number of amides is 1. The van der Waals surface area contributed by atoms with Crippen molar-refractivity contribution in [1.82, 2.24) is 10.2 Å². The van der Waals surface area contributed by atoms with Gasteiger partial charge in [0.1, 0.15) is 0 Å². The molecule has 0 spiro atoms. The van der Waals surface area contributed by atoms with Gasteiger partial charge in [0.15, 0.2) is 0 Å². The molecule has 154 valence electrons. The molecule has 29 heavy (non-hydrogen) atoms. The molecule has 1 fully saturated rings. The van der Waals surface area contributed by atoms with Gasteiger partial charge in [-0.05, 0) is 54.4 Å². The van der Waals surface area contributed by atoms with Crippen LogP contribution in [0, 0.1) is 0 Å². The molecule has 1 aliphatic heterocycles. The third kappa shape index (κ3) is 5.08. The van der Waals surface area contributed by atoms with E-state index in [-0.39, 0.29) is 11.4 Å². The second-order valence-corrected chi connectivity index (χ2v) is 8.96. The lowest BCUT2D eigenvalue weighted by Crippen LogP contribution is -2.51. The van der Waals surface area contributed by atoms with Crippen LogP contribution in [0.4, 0.5) is 0 Å². The van der Waals surface area contributed by atoms with Crippen LogP contribution >= 0.6 is 0 Å². The Bertz CT molecular complexity index is 773. The van der Waals surface area contributed by atoms with Crippen molar-refractivity contribution in [3.05, 3.63) is 59.7 Å². The molecule has 0 radical (unpaired) electrons. The number of nitrogens with one attached hydrogen (secondary N) is 1. The Kier molecular flexibility index (Phi) is 6.34. The Morgan fingerprint density at radius 1 is 0.897 bits per heavy atom. The van der Waals surface area contributed by atoms with E-state index < -0.39 is 0 Å². The van der Waals surface area contributed by atoms with Crippen molar-refractivity contribution in [2.45, 2.75) is 63.8 Å². The number of nitrogens with zero attached hydrogens (tertiary/aromatic N) is 1. The molecule has 1 aromatic rings. The maximum atomic E-state index is 11.6. The SMILES string of the molecule is CC(=O)NC1(CCN2CCc3ccccc3CC2)CCCCC1.c1cc2ccc1-2. The zero-order chi connectivity index (χ0) is 20.1. The second kappa shape index (κ2) is 9.13. The van der Waals surface area contributed by atoms with Gasteiger partial charge in [-0.2, -0.15) is 0 Å². The van der Waals surface area contributed by atoms with Crippen LogP contribution in [0.1, 0.15) is 56.6 Å². The number of fused-ring (bicyclic) bond motifs is 2. The van der Waals surface area contributed by atoms with Crippen LogP contribution in [-0.4, -0.2) is 36.0 Å². The summed E-state index contributed by atoms with van der Waals surface area (Å²) < 4.78 is 0. The Morgan fingerprint density at radius 2 is 1.45 bits per heavy atom. The fourth-order valence-electron chi connectivity index (χ4n) is 5.01. The third-order valence-electron chi connectivity index (χ3n) is 6.89. The van der Waals surface area contributed by atoms with E-state index in [1.165, 1.54) is 41.5 Å². The lowest BCUT2D eigenvalue weighted by molar-refractivity contribution is -0.121. The second-order valence-electron chi connectivity index (χ2n) is 8.96. The summed E-state index contributed by atoms with van der Waals surface area (Å²) in [6, 6.07) is 17.3. The quantitative estimate of drug-likeness (QED) is 0.681. The average Bonchev–Trinajstić information content (AvgIpc) is 2.92. The predicted octanol–water partition coefficient (Wildman–Crippen LogP) is 4.98. The molecule has 0 aromatic heterocycles. The molecular weight excluding hydrogens is 356 g/mol. The first-order chi connectivity index (χ1) is 14.1. The summed E-state index contributed by atoms with van der Waals surface area (Å²) in [6.45, 7) is 5.06. The van der Waals surface area contributed by atoms with Gasteiger partial charge in [-0.25, -0.2) is 0 Å². The summed E-state index contributed by atoms with van der Waals surface area (Å²) in [5.41, 5.74) is 5.95. The first kappa shape index (κ1) is 20.2. The molecule has 1 N–H and O–H groups in total. The van der Waals surface area contributed by atoms with Gasteiger partial charge in [0.2, 0.25) is 5.91 Å². The van der Waals surface area contributed by atoms with Gasteiger partial charge < -0.3 is 10.2 Å². The van der Waals surface area contributed by atoms with Gasteiger partial charge >= 0.3 is 0 Å². The molecule has 1 amide bonds. The van der Waals surface area contributed by atoms with E-state index >= 15 is 0 Å². The zero-order valence-electron chi connectivity index (χ0n) is 17.8. The van der Waals surface area contributed by atoms with Crippen molar-refractivity contribution in [2.24, 2.45) is 0 Å². The predicted molar refractivity (Wildman–Crippen MR) is 120 cm³/mol. The van der Waals surface area contributed by atoms with E-state index in [0.29, 0.717) is 0 Å². The Hall–Kier alpha value is -2.13. The lowest BCUT2D eigenvalue weighted by atomic mass is 9.79. The van der Waals surface area contributed by atoms with Crippen molar-refractivity contribution in [3.8, 4) is 11.1 Å². The molecule has 1 saturated carbocycles. The summed E-state index contributed by atoms with van der Waals surface area (Å²) in [6.07, 6.45) is 9.55. The molecule has 3 aliphatic carbocycles. The highest BCUT2D eigenvalue weighted by atomic mass is 16.1. The minimum absolute atomic E-state index is 0.0588. The Labute approximate surface area is 175 Å². The molecule has 3 nitrogen and oxygen atoms in total. The van der Waals surface area contributed by atoms with Crippen LogP contribution in [-0.2, 0) is 17.6 Å². The number of benzene rings is 2. The maximum absolute atomic E-state index is 11.6. The summed E-state index contributed by atoms with van der Waals surface area (Å²) in [5.74, 6) is 0.134. The van der Waals surface area contributed by atoms with Crippen molar-refractivity contribution < 1.29 is 4.79 Å². The third-order valence-corrected chi connectivity index (χ3v) is 6.89. The molecule has 0 atom stereocenters. The van der Waals surface area contributed by atoms with Crippen LogP contribution in [0.2, 0.25) is 0 Å². The van der Waals surface area contributed by atoms with Gasteiger partial charge in [0, 0.05) is 32.1 Å². The van der Waals surface area contributed by atoms with Gasteiger partial charge in [-0.1, -0.05) is 67.8 Å². The fourth-order valence-corrected chi connectivity index (χ4v) is 5.01. The van der Waals surface area contributed by atoms with Crippen molar-refractivity contribution in [2.75, 3.05) is 19.6 Å². The monoisotopic (exact) mass is 390 g/mol. The number of carbonyl (C=O) groups excluding carboxylic acids is 1. The highest BCUT2D eigenvalue weighted by Gasteiger charge is 2.33. The Morgan fingerprint density at radius 3 is 1.90 bits per heavy atom. The largest absolute Gasteiger partial charge is 0.351 e. The smallest absolute Gasteiger partial charge is 0.217 e. The van der Waals surface area contributed by atoms with Crippen LogP contribution in [0.15, 0.2) is 48.5 Å². The number of carbonyl (C=O) groups is 1. The normalized spacial score (nSPS) is 19.2. The number of hydrogen-bond donors (Lipinski definition) is 1. The van der Waals surface area contributed by atoms with Gasteiger partial charge in [-0.3, -0.25) is 4.79 Å². The van der Waals surface area contributed by atoms with Crippen molar-refractivity contribution in [3.63, 3.8) is 0 Å². The zero-order valence-corrected chi connectivity index (χ0v) is 17.8. The van der Waals surface area contributed by atoms with Crippen molar-refractivity contribution >= 4 is 5.91 Å². The lowest BCUT2D eigenvalue weighted by Gasteiger charge is -2.39. The average molecular weight is 391 g/mol. The highest BCUT2D eigenvalue weighted by molar-refractivity contribution is 5.75.